The van der Waals surface area contributed by atoms with Crippen LogP contribution in [0.2, 0.25) is 0 Å². The molecule has 2 aromatic rings. The van der Waals surface area contributed by atoms with Gasteiger partial charge in [-0.3, -0.25) is 0 Å². The number of benzene rings is 1. The van der Waals surface area contributed by atoms with Gasteiger partial charge in [-0.05, 0) is 53.2 Å². The summed E-state index contributed by atoms with van der Waals surface area (Å²) in [7, 11) is 0. The van der Waals surface area contributed by atoms with E-state index in [2.05, 4.69) is 31.1 Å². The summed E-state index contributed by atoms with van der Waals surface area (Å²) in [6.45, 7) is 13.1. The predicted octanol–water partition coefficient (Wildman–Crippen LogP) is 5.14. The molecule has 0 bridgehead atoms. The molecule has 0 radical (unpaired) electrons. The fraction of sp³-hybridized carbons (Fsp3) is 0.524. The van der Waals surface area contributed by atoms with Crippen molar-refractivity contribution in [1.82, 2.24) is 15.2 Å². The van der Waals surface area contributed by atoms with Crippen molar-refractivity contribution in [3.8, 4) is 5.75 Å². The summed E-state index contributed by atoms with van der Waals surface area (Å²) in [4.78, 5) is 19.2. The molecule has 1 aromatic carbocycles. The molecule has 6 heteroatoms. The molecule has 2 amide bonds. The molecule has 0 fully saturated rings. The van der Waals surface area contributed by atoms with Crippen LogP contribution < -0.4 is 10.1 Å². The van der Waals surface area contributed by atoms with Crippen LogP contribution in [-0.4, -0.2) is 27.5 Å². The second kappa shape index (κ2) is 9.22. The highest BCUT2D eigenvalue weighted by atomic mass is 32.1. The number of rotatable bonds is 7. The third-order valence-electron chi connectivity index (χ3n) is 4.18. The van der Waals surface area contributed by atoms with E-state index in [1.807, 2.05) is 55.3 Å². The van der Waals surface area contributed by atoms with E-state index in [1.54, 1.807) is 11.3 Å². The summed E-state index contributed by atoms with van der Waals surface area (Å²) in [6, 6.07) is 8.07. The van der Waals surface area contributed by atoms with Crippen molar-refractivity contribution in [2.45, 2.75) is 72.7 Å². The second-order valence-electron chi connectivity index (χ2n) is 7.90. The van der Waals surface area contributed by atoms with Crippen LogP contribution >= 0.6 is 11.3 Å². The topological polar surface area (TPSA) is 54.5 Å². The fourth-order valence-electron chi connectivity index (χ4n) is 2.48. The number of ether oxygens (including phenoxy) is 1. The van der Waals surface area contributed by atoms with Crippen LogP contribution in [0.3, 0.4) is 0 Å². The lowest BCUT2D eigenvalue weighted by Crippen LogP contribution is -2.50. The van der Waals surface area contributed by atoms with Crippen molar-refractivity contribution in [2.24, 2.45) is 0 Å². The minimum absolute atomic E-state index is 0.0534. The van der Waals surface area contributed by atoms with Gasteiger partial charge in [0.05, 0.1) is 12.2 Å². The molecule has 1 unspecified atom stereocenters. The monoisotopic (exact) mass is 389 g/mol. The predicted molar refractivity (Wildman–Crippen MR) is 111 cm³/mol. The van der Waals surface area contributed by atoms with E-state index in [-0.39, 0.29) is 17.6 Å². The first kappa shape index (κ1) is 21.2. The van der Waals surface area contributed by atoms with Crippen LogP contribution in [0.4, 0.5) is 4.79 Å². The molecule has 0 saturated carbocycles. The summed E-state index contributed by atoms with van der Waals surface area (Å²) in [5.74, 6) is 0.836. The second-order valence-corrected chi connectivity index (χ2v) is 8.84. The molecule has 1 heterocycles. The van der Waals surface area contributed by atoms with Crippen LogP contribution in [0.1, 0.15) is 57.3 Å². The Labute approximate surface area is 166 Å². The molecular weight excluding hydrogens is 358 g/mol. The molecule has 0 aliphatic carbocycles. The normalized spacial score (nSPS) is 12.5. The fourth-order valence-corrected chi connectivity index (χ4v) is 3.18. The van der Waals surface area contributed by atoms with Crippen molar-refractivity contribution in [3.05, 3.63) is 45.9 Å². The maximum Gasteiger partial charge on any atom is 0.318 e. The summed E-state index contributed by atoms with van der Waals surface area (Å²) in [6.07, 6.45) is 0.894. The number of hydrogen-bond acceptors (Lipinski definition) is 4. The molecule has 1 atom stereocenters. The number of carbonyl (C=O) groups is 1. The molecule has 0 aliphatic rings. The SMILES string of the molecule is CCC(C)N(Cc1csc(COc2ccc(C)cc2)n1)C(=O)NC(C)(C)C. The Morgan fingerprint density at radius 2 is 1.96 bits per heavy atom. The minimum atomic E-state index is -0.266. The van der Waals surface area contributed by atoms with Crippen molar-refractivity contribution >= 4 is 17.4 Å². The van der Waals surface area contributed by atoms with Gasteiger partial charge in [-0.15, -0.1) is 11.3 Å². The van der Waals surface area contributed by atoms with Crippen LogP contribution in [0.5, 0.6) is 5.75 Å². The van der Waals surface area contributed by atoms with E-state index in [9.17, 15) is 4.79 Å². The van der Waals surface area contributed by atoms with Crippen molar-refractivity contribution in [3.63, 3.8) is 0 Å². The maximum atomic E-state index is 12.7. The highest BCUT2D eigenvalue weighted by Crippen LogP contribution is 2.18. The van der Waals surface area contributed by atoms with Gasteiger partial charge in [0.25, 0.3) is 0 Å². The van der Waals surface area contributed by atoms with Gasteiger partial charge in [-0.25, -0.2) is 9.78 Å². The van der Waals surface area contributed by atoms with Gasteiger partial charge in [-0.1, -0.05) is 24.6 Å². The zero-order valence-corrected chi connectivity index (χ0v) is 18.0. The average molecular weight is 390 g/mol. The summed E-state index contributed by atoms with van der Waals surface area (Å²) in [5.41, 5.74) is 1.84. The van der Waals surface area contributed by atoms with Crippen LogP contribution in [-0.2, 0) is 13.2 Å². The zero-order chi connectivity index (χ0) is 20.0. The average Bonchev–Trinajstić information content (AvgIpc) is 3.04. The van der Waals surface area contributed by atoms with Crippen molar-refractivity contribution in [2.75, 3.05) is 0 Å². The van der Waals surface area contributed by atoms with Gasteiger partial charge >= 0.3 is 6.03 Å². The van der Waals surface area contributed by atoms with Gasteiger partial charge in [0.2, 0.25) is 0 Å². The Kier molecular flexibility index (Phi) is 7.25. The smallest absolute Gasteiger partial charge is 0.318 e. The van der Waals surface area contributed by atoms with E-state index >= 15 is 0 Å². The number of aromatic nitrogens is 1. The van der Waals surface area contributed by atoms with E-state index in [0.29, 0.717) is 13.2 Å². The lowest BCUT2D eigenvalue weighted by atomic mass is 10.1. The van der Waals surface area contributed by atoms with E-state index < -0.39 is 0 Å². The standard InChI is InChI=1S/C21H31N3O2S/c1-7-16(3)24(20(25)23-21(4,5)6)12-17-14-27-19(22-17)13-26-18-10-8-15(2)9-11-18/h8-11,14,16H,7,12-13H2,1-6H3,(H,23,25). The number of hydrogen-bond donors (Lipinski definition) is 1. The Bertz CT molecular complexity index is 735. The molecule has 0 spiro atoms. The van der Waals surface area contributed by atoms with Crippen molar-refractivity contribution in [1.29, 1.82) is 0 Å². The Hall–Kier alpha value is -2.08. The Morgan fingerprint density at radius 1 is 1.30 bits per heavy atom. The number of carbonyl (C=O) groups excluding carboxylic acids is 1. The highest BCUT2D eigenvalue weighted by molar-refractivity contribution is 7.09. The lowest BCUT2D eigenvalue weighted by Gasteiger charge is -2.32. The largest absolute Gasteiger partial charge is 0.486 e. The lowest BCUT2D eigenvalue weighted by molar-refractivity contribution is 0.164. The Balaban J connectivity index is 1.99. The van der Waals surface area contributed by atoms with E-state index in [1.165, 1.54) is 5.56 Å². The number of urea groups is 1. The van der Waals surface area contributed by atoms with Gasteiger partial charge in [0, 0.05) is 17.0 Å². The first-order chi connectivity index (χ1) is 12.7. The third kappa shape index (κ3) is 6.86. The van der Waals surface area contributed by atoms with Gasteiger partial charge in [0.15, 0.2) is 0 Å². The first-order valence-corrected chi connectivity index (χ1v) is 10.3. The van der Waals surface area contributed by atoms with E-state index in [4.69, 9.17) is 4.74 Å². The molecular formula is C21H31N3O2S. The summed E-state index contributed by atoms with van der Waals surface area (Å²) >= 11 is 1.56. The maximum absolute atomic E-state index is 12.7. The molecule has 0 saturated heterocycles. The zero-order valence-electron chi connectivity index (χ0n) is 17.2. The van der Waals surface area contributed by atoms with Gasteiger partial charge in [-0.2, -0.15) is 0 Å². The highest BCUT2D eigenvalue weighted by Gasteiger charge is 2.24. The van der Waals surface area contributed by atoms with Gasteiger partial charge < -0.3 is 15.0 Å². The van der Waals surface area contributed by atoms with Crippen molar-refractivity contribution < 1.29 is 9.53 Å². The van der Waals surface area contributed by atoms with Crippen LogP contribution in [0, 0.1) is 6.92 Å². The number of amides is 2. The molecule has 0 aliphatic heterocycles. The summed E-state index contributed by atoms with van der Waals surface area (Å²) in [5, 5.41) is 5.97. The van der Waals surface area contributed by atoms with E-state index in [0.717, 1.165) is 22.9 Å². The molecule has 1 N–H and O–H groups in total. The first-order valence-electron chi connectivity index (χ1n) is 9.39. The molecule has 2 rings (SSSR count). The number of thiazole rings is 1. The van der Waals surface area contributed by atoms with Gasteiger partial charge in [0.1, 0.15) is 17.4 Å². The number of nitrogens with one attached hydrogen (secondary N) is 1. The minimum Gasteiger partial charge on any atom is -0.486 e. The molecule has 5 nitrogen and oxygen atoms in total. The molecule has 148 valence electrons. The number of nitrogens with zero attached hydrogens (tertiary/aromatic N) is 2. The summed E-state index contributed by atoms with van der Waals surface area (Å²) < 4.78 is 5.80. The quantitative estimate of drug-likeness (QED) is 0.713. The van der Waals surface area contributed by atoms with Crippen LogP contribution in [0.25, 0.3) is 0 Å². The number of aryl methyl sites for hydroxylation is 1. The molecule has 27 heavy (non-hydrogen) atoms. The van der Waals surface area contributed by atoms with Crippen LogP contribution in [0.15, 0.2) is 29.6 Å². The Morgan fingerprint density at radius 3 is 2.56 bits per heavy atom. The third-order valence-corrected chi connectivity index (χ3v) is 5.05. The molecule has 1 aromatic heterocycles.